The number of thiophene rings is 1. The van der Waals surface area contributed by atoms with E-state index in [9.17, 15) is 19.2 Å². The van der Waals surface area contributed by atoms with Crippen LogP contribution in [-0.2, 0) is 9.59 Å². The SMILES string of the molecule is COc1cc(/C=C2\SC(=O)N(CC(=O)N3CCCC3)C2=O)cc(Br)c1OC(=O)c1cccs1. The van der Waals surface area contributed by atoms with Crippen molar-refractivity contribution in [3.05, 3.63) is 49.5 Å². The summed E-state index contributed by atoms with van der Waals surface area (Å²) in [5.41, 5.74) is 0.561. The van der Waals surface area contributed by atoms with Crippen LogP contribution in [0.25, 0.3) is 6.08 Å². The summed E-state index contributed by atoms with van der Waals surface area (Å²) in [6.07, 6.45) is 3.41. The fourth-order valence-corrected chi connectivity index (χ4v) is 5.43. The quantitative estimate of drug-likeness (QED) is 0.299. The lowest BCUT2D eigenvalue weighted by Gasteiger charge is -2.18. The van der Waals surface area contributed by atoms with Crippen molar-refractivity contribution in [1.29, 1.82) is 0 Å². The fraction of sp³-hybridized carbons (Fsp3) is 0.273. The van der Waals surface area contributed by atoms with Gasteiger partial charge in [-0.15, -0.1) is 11.3 Å². The number of carbonyl (C=O) groups is 4. The van der Waals surface area contributed by atoms with Crippen molar-refractivity contribution in [1.82, 2.24) is 9.80 Å². The Bertz CT molecular complexity index is 1140. The van der Waals surface area contributed by atoms with Gasteiger partial charge >= 0.3 is 5.97 Å². The molecular formula is C22H19BrN2O6S2. The largest absolute Gasteiger partial charge is 0.493 e. The molecule has 172 valence electrons. The first-order valence-electron chi connectivity index (χ1n) is 10.0. The number of nitrogens with zero attached hydrogens (tertiary/aromatic N) is 2. The lowest BCUT2D eigenvalue weighted by molar-refractivity contribution is -0.135. The first-order chi connectivity index (χ1) is 15.9. The van der Waals surface area contributed by atoms with Crippen LogP contribution in [0.5, 0.6) is 11.5 Å². The summed E-state index contributed by atoms with van der Waals surface area (Å²) in [7, 11) is 1.44. The molecule has 11 heteroatoms. The van der Waals surface area contributed by atoms with Crippen LogP contribution in [0.15, 0.2) is 39.0 Å². The highest BCUT2D eigenvalue weighted by Crippen LogP contribution is 2.39. The third-order valence-corrected chi connectivity index (χ3v) is 7.44. The summed E-state index contributed by atoms with van der Waals surface area (Å²) in [6.45, 7) is 1.05. The standard InChI is InChI=1S/C22H19BrN2O6S2/c1-30-15-10-13(9-14(23)19(15)31-21(28)16-5-4-8-32-16)11-17-20(27)25(22(29)33-17)12-18(26)24-6-2-3-7-24/h4-5,8-11H,2-3,6-7,12H2,1H3/b17-11-. The van der Waals surface area contributed by atoms with E-state index in [1.54, 1.807) is 40.6 Å². The molecule has 1 aromatic heterocycles. The molecule has 2 aliphatic heterocycles. The first-order valence-corrected chi connectivity index (χ1v) is 12.5. The van der Waals surface area contributed by atoms with Crippen molar-refractivity contribution < 1.29 is 28.7 Å². The molecule has 4 rings (SSSR count). The number of amides is 3. The summed E-state index contributed by atoms with van der Waals surface area (Å²) < 4.78 is 11.3. The lowest BCUT2D eigenvalue weighted by Crippen LogP contribution is -2.40. The number of hydrogen-bond acceptors (Lipinski definition) is 8. The number of rotatable bonds is 6. The highest BCUT2D eigenvalue weighted by Gasteiger charge is 2.37. The highest BCUT2D eigenvalue weighted by atomic mass is 79.9. The number of methoxy groups -OCH3 is 1. The Hall–Kier alpha value is -2.63. The Labute approximate surface area is 206 Å². The zero-order chi connectivity index (χ0) is 23.5. The molecular weight excluding hydrogens is 532 g/mol. The Morgan fingerprint density at radius 2 is 1.97 bits per heavy atom. The maximum atomic E-state index is 12.8. The zero-order valence-corrected chi connectivity index (χ0v) is 20.8. The van der Waals surface area contributed by atoms with E-state index in [4.69, 9.17) is 9.47 Å². The Balaban J connectivity index is 1.52. The molecule has 0 spiro atoms. The molecule has 0 saturated carbocycles. The van der Waals surface area contributed by atoms with Gasteiger partial charge in [0.1, 0.15) is 11.4 Å². The van der Waals surface area contributed by atoms with Gasteiger partial charge in [0.15, 0.2) is 11.5 Å². The van der Waals surface area contributed by atoms with Crippen LogP contribution in [0.3, 0.4) is 0 Å². The van der Waals surface area contributed by atoms with Crippen molar-refractivity contribution >= 4 is 68.1 Å². The number of halogens is 1. The smallest absolute Gasteiger partial charge is 0.353 e. The van der Waals surface area contributed by atoms with Crippen molar-refractivity contribution in [2.45, 2.75) is 12.8 Å². The predicted molar refractivity (Wildman–Crippen MR) is 128 cm³/mol. The van der Waals surface area contributed by atoms with Crippen LogP contribution in [-0.4, -0.2) is 59.6 Å². The number of benzene rings is 1. The summed E-state index contributed by atoms with van der Waals surface area (Å²) in [6, 6.07) is 6.67. The molecule has 33 heavy (non-hydrogen) atoms. The molecule has 0 N–H and O–H groups in total. The minimum Gasteiger partial charge on any atom is -0.493 e. The van der Waals surface area contributed by atoms with Gasteiger partial charge in [-0.1, -0.05) is 6.07 Å². The molecule has 8 nitrogen and oxygen atoms in total. The van der Waals surface area contributed by atoms with Gasteiger partial charge in [0.25, 0.3) is 11.1 Å². The van der Waals surface area contributed by atoms with Gasteiger partial charge in [0.2, 0.25) is 5.91 Å². The Morgan fingerprint density at radius 3 is 2.64 bits per heavy atom. The lowest BCUT2D eigenvalue weighted by atomic mass is 10.2. The van der Waals surface area contributed by atoms with Gasteiger partial charge in [-0.25, -0.2) is 4.79 Å². The van der Waals surface area contributed by atoms with Gasteiger partial charge in [-0.3, -0.25) is 19.3 Å². The Morgan fingerprint density at radius 1 is 1.21 bits per heavy atom. The van der Waals surface area contributed by atoms with Gasteiger partial charge in [-0.2, -0.15) is 0 Å². The summed E-state index contributed by atoms with van der Waals surface area (Å²) in [5.74, 6) is -0.764. The second kappa shape index (κ2) is 10.1. The van der Waals surface area contributed by atoms with Crippen LogP contribution in [0.4, 0.5) is 4.79 Å². The van der Waals surface area contributed by atoms with Crippen molar-refractivity contribution in [2.24, 2.45) is 0 Å². The van der Waals surface area contributed by atoms with Crippen LogP contribution in [0.2, 0.25) is 0 Å². The van der Waals surface area contributed by atoms with E-state index in [2.05, 4.69) is 15.9 Å². The number of thioether (sulfide) groups is 1. The minimum absolute atomic E-state index is 0.200. The molecule has 0 atom stereocenters. The summed E-state index contributed by atoms with van der Waals surface area (Å²) >= 11 is 5.43. The zero-order valence-electron chi connectivity index (χ0n) is 17.5. The maximum absolute atomic E-state index is 12.8. The molecule has 2 saturated heterocycles. The third kappa shape index (κ3) is 5.15. The fourth-order valence-electron chi connectivity index (χ4n) is 3.45. The molecule has 1 aromatic carbocycles. The molecule has 0 bridgehead atoms. The second-order valence-electron chi connectivity index (χ2n) is 7.26. The first kappa shape index (κ1) is 23.5. The van der Waals surface area contributed by atoms with Crippen molar-refractivity contribution in [3.63, 3.8) is 0 Å². The van der Waals surface area contributed by atoms with Gasteiger partial charge < -0.3 is 14.4 Å². The summed E-state index contributed by atoms with van der Waals surface area (Å²) in [4.78, 5) is 53.2. The monoisotopic (exact) mass is 550 g/mol. The van der Waals surface area contributed by atoms with Crippen LogP contribution in [0, 0.1) is 0 Å². The average Bonchev–Trinajstić information content (AvgIpc) is 3.55. The molecule has 2 fully saturated rings. The third-order valence-electron chi connectivity index (χ3n) is 5.09. The molecule has 2 aliphatic rings. The van der Waals surface area contributed by atoms with E-state index in [1.165, 1.54) is 18.4 Å². The Kier molecular flexibility index (Phi) is 7.20. The number of imide groups is 1. The number of likely N-dealkylation sites (tertiary alicyclic amines) is 1. The van der Waals surface area contributed by atoms with Gasteiger partial charge in [0, 0.05) is 13.1 Å². The highest BCUT2D eigenvalue weighted by molar-refractivity contribution is 9.10. The number of carbonyl (C=O) groups excluding carboxylic acids is 4. The van der Waals surface area contributed by atoms with Gasteiger partial charge in [-0.05, 0) is 75.8 Å². The van der Waals surface area contributed by atoms with Crippen LogP contribution < -0.4 is 9.47 Å². The van der Waals surface area contributed by atoms with E-state index >= 15 is 0 Å². The van der Waals surface area contributed by atoms with Crippen LogP contribution >= 0.6 is 39.0 Å². The molecule has 0 aliphatic carbocycles. The van der Waals surface area contributed by atoms with E-state index < -0.39 is 17.1 Å². The molecule has 0 unspecified atom stereocenters. The number of esters is 1. The van der Waals surface area contributed by atoms with Crippen molar-refractivity contribution in [3.8, 4) is 11.5 Å². The topological polar surface area (TPSA) is 93.2 Å². The predicted octanol–water partition coefficient (Wildman–Crippen LogP) is 4.40. The van der Waals surface area contributed by atoms with E-state index in [0.29, 0.717) is 28.0 Å². The minimum atomic E-state index is -0.513. The molecule has 3 heterocycles. The normalized spacial score (nSPS) is 17.2. The molecule has 3 amide bonds. The average molecular weight is 551 g/mol. The number of hydrogen-bond donors (Lipinski definition) is 0. The van der Waals surface area contributed by atoms with E-state index in [0.717, 1.165) is 29.5 Å². The maximum Gasteiger partial charge on any atom is 0.353 e. The van der Waals surface area contributed by atoms with Crippen LogP contribution in [0.1, 0.15) is 28.1 Å². The van der Waals surface area contributed by atoms with E-state index in [1.807, 2.05) is 0 Å². The molecule has 0 radical (unpaired) electrons. The number of ether oxygens (including phenoxy) is 2. The summed E-state index contributed by atoms with van der Waals surface area (Å²) in [5, 5.41) is 1.30. The van der Waals surface area contributed by atoms with E-state index in [-0.39, 0.29) is 28.9 Å². The van der Waals surface area contributed by atoms with Gasteiger partial charge in [0.05, 0.1) is 16.5 Å². The second-order valence-corrected chi connectivity index (χ2v) is 10.1. The van der Waals surface area contributed by atoms with Crippen molar-refractivity contribution in [2.75, 3.05) is 26.7 Å². The molecule has 2 aromatic rings.